The Balaban J connectivity index is 2.21. The van der Waals surface area contributed by atoms with Gasteiger partial charge in [-0.15, -0.1) is 5.10 Å². The number of aromatic nitrogens is 3. The van der Waals surface area contributed by atoms with Gasteiger partial charge in [-0.3, -0.25) is 0 Å². The molecule has 0 aliphatic rings. The van der Waals surface area contributed by atoms with E-state index in [9.17, 15) is 0 Å². The van der Waals surface area contributed by atoms with Crippen molar-refractivity contribution in [1.29, 1.82) is 0 Å². The number of nitrogens with two attached hydrogens (primary N) is 1. The van der Waals surface area contributed by atoms with Crippen molar-refractivity contribution >= 4 is 6.08 Å². The molecule has 2 N–H and O–H groups in total. The summed E-state index contributed by atoms with van der Waals surface area (Å²) in [5.74, 6) is 0. The second-order valence-corrected chi connectivity index (χ2v) is 3.08. The van der Waals surface area contributed by atoms with E-state index in [0.717, 1.165) is 11.3 Å². The van der Waals surface area contributed by atoms with Gasteiger partial charge in [-0.25, -0.2) is 4.68 Å². The molecule has 1 aromatic heterocycles. The van der Waals surface area contributed by atoms with E-state index in [1.54, 1.807) is 10.9 Å². The molecule has 4 heteroatoms. The first-order valence-electron chi connectivity index (χ1n) is 4.73. The zero-order valence-corrected chi connectivity index (χ0v) is 8.24. The molecule has 0 radical (unpaired) electrons. The molecule has 15 heavy (non-hydrogen) atoms. The summed E-state index contributed by atoms with van der Waals surface area (Å²) in [7, 11) is 0. The maximum atomic E-state index is 5.37. The van der Waals surface area contributed by atoms with E-state index in [0.29, 0.717) is 6.54 Å². The number of hydrogen-bond donors (Lipinski definition) is 1. The van der Waals surface area contributed by atoms with Crippen LogP contribution in [0, 0.1) is 0 Å². The summed E-state index contributed by atoms with van der Waals surface area (Å²) in [5, 5.41) is 7.66. The van der Waals surface area contributed by atoms with Crippen LogP contribution < -0.4 is 5.73 Å². The molecule has 0 amide bonds. The Kier molecular flexibility index (Phi) is 2.90. The van der Waals surface area contributed by atoms with Gasteiger partial charge in [0.1, 0.15) is 0 Å². The fourth-order valence-electron chi connectivity index (χ4n) is 1.29. The molecule has 0 atom stereocenters. The molecule has 0 saturated heterocycles. The lowest BCUT2D eigenvalue weighted by molar-refractivity contribution is 0.803. The van der Waals surface area contributed by atoms with Crippen LogP contribution >= 0.6 is 0 Å². The van der Waals surface area contributed by atoms with Gasteiger partial charge < -0.3 is 5.73 Å². The maximum Gasteiger partial charge on any atom is 0.0697 e. The summed E-state index contributed by atoms with van der Waals surface area (Å²) in [6.07, 6.45) is 7.38. The van der Waals surface area contributed by atoms with Crippen LogP contribution in [0.3, 0.4) is 0 Å². The minimum atomic E-state index is 0.560. The van der Waals surface area contributed by atoms with Crippen molar-refractivity contribution in [2.24, 2.45) is 5.73 Å². The quantitative estimate of drug-likeness (QED) is 0.811. The largest absolute Gasteiger partial charge is 0.327 e. The van der Waals surface area contributed by atoms with Gasteiger partial charge >= 0.3 is 0 Å². The van der Waals surface area contributed by atoms with Gasteiger partial charge in [0.05, 0.1) is 18.1 Å². The van der Waals surface area contributed by atoms with Gasteiger partial charge in [0.25, 0.3) is 0 Å². The molecule has 0 spiro atoms. The fourth-order valence-corrected chi connectivity index (χ4v) is 1.29. The lowest BCUT2D eigenvalue weighted by Gasteiger charge is -1.99. The minimum Gasteiger partial charge on any atom is -0.327 e. The third kappa shape index (κ3) is 2.30. The van der Waals surface area contributed by atoms with Crippen LogP contribution in [0.15, 0.2) is 42.7 Å². The molecule has 2 rings (SSSR count). The number of rotatable bonds is 3. The molecule has 0 bridgehead atoms. The van der Waals surface area contributed by atoms with Gasteiger partial charge in [0.15, 0.2) is 0 Å². The molecule has 0 aliphatic heterocycles. The van der Waals surface area contributed by atoms with Crippen LogP contribution in [0.2, 0.25) is 0 Å². The van der Waals surface area contributed by atoms with E-state index in [-0.39, 0.29) is 0 Å². The smallest absolute Gasteiger partial charge is 0.0697 e. The van der Waals surface area contributed by atoms with Gasteiger partial charge in [-0.1, -0.05) is 29.5 Å². The monoisotopic (exact) mass is 200 g/mol. The van der Waals surface area contributed by atoms with Gasteiger partial charge in [0, 0.05) is 6.54 Å². The molecule has 0 unspecified atom stereocenters. The molecule has 76 valence electrons. The Labute approximate surface area is 88.0 Å². The maximum absolute atomic E-state index is 5.37. The SMILES string of the molecule is NC/C=C/c1ccc(-n2ccnn2)cc1. The summed E-state index contributed by atoms with van der Waals surface area (Å²) in [4.78, 5) is 0. The normalized spacial score (nSPS) is 11.0. The molecular weight excluding hydrogens is 188 g/mol. The number of hydrogen-bond acceptors (Lipinski definition) is 3. The van der Waals surface area contributed by atoms with Crippen molar-refractivity contribution in [1.82, 2.24) is 15.0 Å². The summed E-state index contributed by atoms with van der Waals surface area (Å²) >= 11 is 0. The lowest BCUT2D eigenvalue weighted by Crippen LogP contribution is -1.94. The Morgan fingerprint density at radius 3 is 2.67 bits per heavy atom. The average Bonchev–Trinajstić information content (AvgIpc) is 2.80. The van der Waals surface area contributed by atoms with E-state index < -0.39 is 0 Å². The molecule has 2 aromatic rings. The summed E-state index contributed by atoms with van der Waals surface area (Å²) in [6, 6.07) is 8.02. The highest BCUT2D eigenvalue weighted by Crippen LogP contribution is 2.08. The Hall–Kier alpha value is -1.94. The van der Waals surface area contributed by atoms with E-state index in [1.165, 1.54) is 0 Å². The minimum absolute atomic E-state index is 0.560. The third-order valence-electron chi connectivity index (χ3n) is 2.03. The van der Waals surface area contributed by atoms with Crippen LogP contribution in [-0.4, -0.2) is 21.5 Å². The van der Waals surface area contributed by atoms with Crippen molar-refractivity contribution in [3.05, 3.63) is 48.3 Å². The van der Waals surface area contributed by atoms with Crippen LogP contribution in [0.1, 0.15) is 5.56 Å². The van der Waals surface area contributed by atoms with Crippen LogP contribution in [0.4, 0.5) is 0 Å². The zero-order chi connectivity index (χ0) is 10.5. The van der Waals surface area contributed by atoms with Gasteiger partial charge in [-0.05, 0) is 17.7 Å². The Morgan fingerprint density at radius 2 is 2.07 bits per heavy atom. The number of benzene rings is 1. The molecule has 4 nitrogen and oxygen atoms in total. The average molecular weight is 200 g/mol. The lowest BCUT2D eigenvalue weighted by atomic mass is 10.2. The molecule has 1 aromatic carbocycles. The summed E-state index contributed by atoms with van der Waals surface area (Å²) < 4.78 is 1.72. The van der Waals surface area contributed by atoms with Crippen LogP contribution in [0.5, 0.6) is 0 Å². The van der Waals surface area contributed by atoms with Crippen molar-refractivity contribution in [3.8, 4) is 5.69 Å². The molecular formula is C11H12N4. The highest BCUT2D eigenvalue weighted by Gasteiger charge is 1.95. The standard InChI is InChI=1S/C11H12N4/c12-7-1-2-10-3-5-11(6-4-10)15-9-8-13-14-15/h1-6,8-9H,7,12H2/b2-1+. The molecule has 0 saturated carbocycles. The first-order chi connectivity index (χ1) is 7.40. The van der Waals surface area contributed by atoms with Crippen molar-refractivity contribution < 1.29 is 0 Å². The Morgan fingerprint density at radius 1 is 1.27 bits per heavy atom. The predicted molar refractivity (Wildman–Crippen MR) is 59.4 cm³/mol. The van der Waals surface area contributed by atoms with Crippen molar-refractivity contribution in [2.75, 3.05) is 6.54 Å². The summed E-state index contributed by atoms with van der Waals surface area (Å²) in [6.45, 7) is 0.560. The topological polar surface area (TPSA) is 56.7 Å². The second kappa shape index (κ2) is 4.52. The van der Waals surface area contributed by atoms with E-state index >= 15 is 0 Å². The van der Waals surface area contributed by atoms with Gasteiger partial charge in [0.2, 0.25) is 0 Å². The predicted octanol–water partition coefficient (Wildman–Crippen LogP) is 1.24. The highest BCUT2D eigenvalue weighted by atomic mass is 15.4. The van der Waals surface area contributed by atoms with E-state index in [4.69, 9.17) is 5.73 Å². The molecule has 1 heterocycles. The number of nitrogens with zero attached hydrogens (tertiary/aromatic N) is 3. The van der Waals surface area contributed by atoms with Gasteiger partial charge in [-0.2, -0.15) is 0 Å². The zero-order valence-electron chi connectivity index (χ0n) is 8.24. The molecule has 0 aliphatic carbocycles. The van der Waals surface area contributed by atoms with E-state index in [1.807, 2.05) is 42.6 Å². The summed E-state index contributed by atoms with van der Waals surface area (Å²) in [5.41, 5.74) is 7.50. The van der Waals surface area contributed by atoms with Crippen molar-refractivity contribution in [3.63, 3.8) is 0 Å². The van der Waals surface area contributed by atoms with Crippen LogP contribution in [0.25, 0.3) is 11.8 Å². The second-order valence-electron chi connectivity index (χ2n) is 3.08. The highest BCUT2D eigenvalue weighted by molar-refractivity contribution is 5.51. The fraction of sp³-hybridized carbons (Fsp3) is 0.0909. The Bertz CT molecular complexity index is 428. The van der Waals surface area contributed by atoms with Crippen LogP contribution in [-0.2, 0) is 0 Å². The first kappa shape index (κ1) is 9.61. The third-order valence-corrected chi connectivity index (χ3v) is 2.03. The molecule has 0 fully saturated rings. The van der Waals surface area contributed by atoms with E-state index in [2.05, 4.69) is 10.3 Å². The first-order valence-corrected chi connectivity index (χ1v) is 4.73. The van der Waals surface area contributed by atoms with Crippen molar-refractivity contribution in [2.45, 2.75) is 0 Å².